The quantitative estimate of drug-likeness (QED) is 0.590. The molecule has 31 heavy (non-hydrogen) atoms. The molecule has 1 fully saturated rings. The molecule has 160 valence electrons. The lowest BCUT2D eigenvalue weighted by Crippen LogP contribution is -2.54. The van der Waals surface area contributed by atoms with Crippen LogP contribution in [0.25, 0.3) is 0 Å². The van der Waals surface area contributed by atoms with Crippen LogP contribution in [0.5, 0.6) is 0 Å². The van der Waals surface area contributed by atoms with Gasteiger partial charge in [-0.05, 0) is 42.7 Å². The summed E-state index contributed by atoms with van der Waals surface area (Å²) in [6.45, 7) is 3.91. The predicted molar refractivity (Wildman–Crippen MR) is 114 cm³/mol. The average molecular weight is 420 g/mol. The van der Waals surface area contributed by atoms with Crippen LogP contribution in [-0.4, -0.2) is 41.1 Å². The SMILES string of the molecule is CCNc1ccc(CNCc2cccc3c2C(=O)N(C2CCC(=O)NC2=O)C3=O)cc1. The summed E-state index contributed by atoms with van der Waals surface area (Å²) in [5.41, 5.74) is 3.48. The minimum absolute atomic E-state index is 0.102. The highest BCUT2D eigenvalue weighted by Crippen LogP contribution is 2.30. The minimum atomic E-state index is -0.957. The molecule has 0 saturated carbocycles. The van der Waals surface area contributed by atoms with Crippen molar-refractivity contribution in [3.05, 3.63) is 64.7 Å². The van der Waals surface area contributed by atoms with Crippen LogP contribution in [0, 0.1) is 0 Å². The van der Waals surface area contributed by atoms with Crippen LogP contribution < -0.4 is 16.0 Å². The third-order valence-electron chi connectivity index (χ3n) is 5.53. The molecular formula is C23H24N4O4. The number of benzene rings is 2. The molecule has 8 heteroatoms. The fourth-order valence-electron chi connectivity index (χ4n) is 4.02. The summed E-state index contributed by atoms with van der Waals surface area (Å²) in [6, 6.07) is 12.3. The summed E-state index contributed by atoms with van der Waals surface area (Å²) in [7, 11) is 0. The van der Waals surface area contributed by atoms with Gasteiger partial charge in [-0.25, -0.2) is 0 Å². The maximum absolute atomic E-state index is 13.1. The van der Waals surface area contributed by atoms with E-state index in [1.807, 2.05) is 31.2 Å². The summed E-state index contributed by atoms with van der Waals surface area (Å²) < 4.78 is 0. The molecule has 1 saturated heterocycles. The standard InChI is InChI=1S/C23H24N4O4/c1-2-25-16-8-6-14(7-9-16)12-24-13-15-4-3-5-17-20(15)23(31)27(22(17)30)18-10-11-19(28)26-21(18)29/h3-9,18,24-25H,2,10-13H2,1H3,(H,26,28,29). The molecular weight excluding hydrogens is 396 g/mol. The first-order valence-corrected chi connectivity index (χ1v) is 10.4. The smallest absolute Gasteiger partial charge is 0.262 e. The Hall–Kier alpha value is -3.52. The van der Waals surface area contributed by atoms with Crippen LogP contribution in [0.2, 0.25) is 0 Å². The number of carbonyl (C=O) groups excluding carboxylic acids is 4. The van der Waals surface area contributed by atoms with E-state index in [0.29, 0.717) is 29.8 Å². The van der Waals surface area contributed by atoms with Gasteiger partial charge in [-0.15, -0.1) is 0 Å². The highest BCUT2D eigenvalue weighted by Gasteiger charge is 2.45. The van der Waals surface area contributed by atoms with Crippen molar-refractivity contribution in [2.24, 2.45) is 0 Å². The third-order valence-corrected chi connectivity index (χ3v) is 5.53. The van der Waals surface area contributed by atoms with Gasteiger partial charge < -0.3 is 10.6 Å². The van der Waals surface area contributed by atoms with Gasteiger partial charge in [0.15, 0.2) is 0 Å². The number of nitrogens with zero attached hydrogens (tertiary/aromatic N) is 1. The molecule has 0 bridgehead atoms. The maximum Gasteiger partial charge on any atom is 0.262 e. The van der Waals surface area contributed by atoms with Crippen LogP contribution in [0.15, 0.2) is 42.5 Å². The van der Waals surface area contributed by atoms with Crippen molar-refractivity contribution in [1.82, 2.24) is 15.5 Å². The van der Waals surface area contributed by atoms with Crippen LogP contribution >= 0.6 is 0 Å². The average Bonchev–Trinajstić information content (AvgIpc) is 3.01. The number of rotatable bonds is 7. The molecule has 8 nitrogen and oxygen atoms in total. The Morgan fingerprint density at radius 1 is 1.00 bits per heavy atom. The molecule has 2 aliphatic rings. The number of amides is 4. The molecule has 1 unspecified atom stereocenters. The number of imide groups is 2. The maximum atomic E-state index is 13.1. The zero-order valence-corrected chi connectivity index (χ0v) is 17.2. The van der Waals surface area contributed by atoms with E-state index in [4.69, 9.17) is 0 Å². The van der Waals surface area contributed by atoms with Crippen LogP contribution in [0.3, 0.4) is 0 Å². The first-order valence-electron chi connectivity index (χ1n) is 10.4. The Bertz CT molecular complexity index is 1050. The normalized spacial score (nSPS) is 18.2. The second-order valence-electron chi connectivity index (χ2n) is 7.62. The van der Waals surface area contributed by atoms with Crippen molar-refractivity contribution < 1.29 is 19.2 Å². The van der Waals surface area contributed by atoms with E-state index in [-0.39, 0.29) is 18.7 Å². The van der Waals surface area contributed by atoms with Crippen molar-refractivity contribution in [1.29, 1.82) is 0 Å². The molecule has 0 radical (unpaired) electrons. The van der Waals surface area contributed by atoms with Gasteiger partial charge >= 0.3 is 0 Å². The predicted octanol–water partition coefficient (Wildman–Crippen LogP) is 1.81. The van der Waals surface area contributed by atoms with E-state index < -0.39 is 23.8 Å². The van der Waals surface area contributed by atoms with E-state index in [1.54, 1.807) is 18.2 Å². The molecule has 2 aliphatic heterocycles. The van der Waals surface area contributed by atoms with Crippen molar-refractivity contribution in [3.8, 4) is 0 Å². The lowest BCUT2D eigenvalue weighted by atomic mass is 10.0. The first kappa shape index (κ1) is 20.7. The van der Waals surface area contributed by atoms with Crippen molar-refractivity contribution >= 4 is 29.3 Å². The van der Waals surface area contributed by atoms with Crippen molar-refractivity contribution in [2.45, 2.75) is 38.9 Å². The second-order valence-corrected chi connectivity index (χ2v) is 7.62. The summed E-state index contributed by atoms with van der Waals surface area (Å²) in [4.78, 5) is 50.6. The molecule has 2 aromatic rings. The Kier molecular flexibility index (Phi) is 5.81. The summed E-state index contributed by atoms with van der Waals surface area (Å²) in [6.07, 6.45) is 0.247. The molecule has 0 aromatic heterocycles. The van der Waals surface area contributed by atoms with Crippen LogP contribution in [0.1, 0.15) is 51.6 Å². The Balaban J connectivity index is 1.47. The number of hydrogen-bond donors (Lipinski definition) is 3. The van der Waals surface area contributed by atoms with Gasteiger partial charge in [0.05, 0.1) is 11.1 Å². The largest absolute Gasteiger partial charge is 0.385 e. The highest BCUT2D eigenvalue weighted by molar-refractivity contribution is 6.24. The number of anilines is 1. The van der Waals surface area contributed by atoms with Crippen molar-refractivity contribution in [3.63, 3.8) is 0 Å². The highest BCUT2D eigenvalue weighted by atomic mass is 16.2. The number of fused-ring (bicyclic) bond motifs is 1. The number of nitrogens with one attached hydrogen (secondary N) is 3. The zero-order valence-electron chi connectivity index (χ0n) is 17.2. The summed E-state index contributed by atoms with van der Waals surface area (Å²) in [5, 5.41) is 8.78. The molecule has 2 aromatic carbocycles. The fourth-order valence-corrected chi connectivity index (χ4v) is 4.02. The molecule has 1 atom stereocenters. The lowest BCUT2D eigenvalue weighted by molar-refractivity contribution is -0.136. The first-order chi connectivity index (χ1) is 15.0. The minimum Gasteiger partial charge on any atom is -0.385 e. The monoisotopic (exact) mass is 420 g/mol. The molecule has 0 spiro atoms. The zero-order chi connectivity index (χ0) is 22.0. The van der Waals surface area contributed by atoms with E-state index in [9.17, 15) is 19.2 Å². The molecule has 4 amide bonds. The number of piperidine rings is 1. The number of hydrogen-bond acceptors (Lipinski definition) is 6. The van der Waals surface area contributed by atoms with Gasteiger partial charge in [0.1, 0.15) is 6.04 Å². The van der Waals surface area contributed by atoms with Gasteiger partial charge in [-0.2, -0.15) is 0 Å². The fraction of sp³-hybridized carbons (Fsp3) is 0.304. The number of carbonyl (C=O) groups is 4. The Labute approximate surface area is 180 Å². The summed E-state index contributed by atoms with van der Waals surface area (Å²) in [5.74, 6) is -1.97. The Morgan fingerprint density at radius 2 is 1.77 bits per heavy atom. The van der Waals surface area contributed by atoms with E-state index in [1.165, 1.54) is 0 Å². The van der Waals surface area contributed by atoms with E-state index >= 15 is 0 Å². The van der Waals surface area contributed by atoms with Gasteiger partial charge in [0, 0.05) is 31.7 Å². The molecule has 3 N–H and O–H groups in total. The van der Waals surface area contributed by atoms with Gasteiger partial charge in [0.25, 0.3) is 11.8 Å². The third kappa shape index (κ3) is 4.06. The van der Waals surface area contributed by atoms with Crippen LogP contribution in [-0.2, 0) is 22.7 Å². The van der Waals surface area contributed by atoms with E-state index in [0.717, 1.165) is 22.7 Å². The van der Waals surface area contributed by atoms with Crippen LogP contribution in [0.4, 0.5) is 5.69 Å². The molecule has 0 aliphatic carbocycles. The lowest BCUT2D eigenvalue weighted by Gasteiger charge is -2.27. The van der Waals surface area contributed by atoms with Gasteiger partial charge in [-0.1, -0.05) is 24.3 Å². The second kappa shape index (κ2) is 8.69. The van der Waals surface area contributed by atoms with Crippen molar-refractivity contribution in [2.75, 3.05) is 11.9 Å². The van der Waals surface area contributed by atoms with E-state index in [2.05, 4.69) is 16.0 Å². The topological polar surface area (TPSA) is 108 Å². The molecule has 4 rings (SSSR count). The van der Waals surface area contributed by atoms with Gasteiger partial charge in [-0.3, -0.25) is 29.4 Å². The summed E-state index contributed by atoms with van der Waals surface area (Å²) >= 11 is 0. The molecule has 2 heterocycles. The van der Waals surface area contributed by atoms with Gasteiger partial charge in [0.2, 0.25) is 11.8 Å². The Morgan fingerprint density at radius 3 is 2.48 bits per heavy atom.